The van der Waals surface area contributed by atoms with Gasteiger partial charge in [-0.2, -0.15) is 0 Å². The number of nitrogens with zero attached hydrogens (tertiary/aromatic N) is 1. The SMILES string of the molecule is CC(C)OCCN(C)C(=O)c1ccc(Br)o1. The minimum atomic E-state index is -0.141. The van der Waals surface area contributed by atoms with E-state index in [4.69, 9.17) is 9.15 Å². The second-order valence-corrected chi connectivity index (χ2v) is 4.53. The third-order valence-electron chi connectivity index (χ3n) is 2.01. The maximum absolute atomic E-state index is 11.8. The van der Waals surface area contributed by atoms with Crippen LogP contribution in [0.25, 0.3) is 0 Å². The zero-order valence-electron chi connectivity index (χ0n) is 9.70. The minimum Gasteiger partial charge on any atom is -0.444 e. The average Bonchev–Trinajstić information content (AvgIpc) is 2.63. The first kappa shape index (κ1) is 13.3. The van der Waals surface area contributed by atoms with Crippen molar-refractivity contribution >= 4 is 21.8 Å². The highest BCUT2D eigenvalue weighted by Gasteiger charge is 2.15. The van der Waals surface area contributed by atoms with Crippen LogP contribution in [0, 0.1) is 0 Å². The minimum absolute atomic E-state index is 0.141. The van der Waals surface area contributed by atoms with Gasteiger partial charge in [0.05, 0.1) is 12.7 Å². The molecule has 0 aliphatic rings. The number of rotatable bonds is 5. The van der Waals surface area contributed by atoms with E-state index in [0.717, 1.165) is 0 Å². The highest BCUT2D eigenvalue weighted by molar-refractivity contribution is 9.10. The van der Waals surface area contributed by atoms with Crippen LogP contribution in [0.2, 0.25) is 0 Å². The third kappa shape index (κ3) is 3.98. The molecule has 0 aromatic carbocycles. The van der Waals surface area contributed by atoms with Gasteiger partial charge >= 0.3 is 0 Å². The third-order valence-corrected chi connectivity index (χ3v) is 2.43. The lowest BCUT2D eigenvalue weighted by Crippen LogP contribution is -2.30. The number of hydrogen-bond donors (Lipinski definition) is 0. The predicted molar refractivity (Wildman–Crippen MR) is 64.5 cm³/mol. The summed E-state index contributed by atoms with van der Waals surface area (Å²) in [6.07, 6.45) is 0.182. The number of ether oxygens (including phenoxy) is 1. The molecule has 0 spiro atoms. The Hall–Kier alpha value is -0.810. The summed E-state index contributed by atoms with van der Waals surface area (Å²) in [5, 5.41) is 0. The summed E-state index contributed by atoms with van der Waals surface area (Å²) in [6, 6.07) is 3.35. The van der Waals surface area contributed by atoms with E-state index >= 15 is 0 Å². The van der Waals surface area contributed by atoms with Crippen molar-refractivity contribution in [3.8, 4) is 0 Å². The zero-order valence-corrected chi connectivity index (χ0v) is 11.3. The predicted octanol–water partition coefficient (Wildman–Crippen LogP) is 2.54. The number of amides is 1. The fourth-order valence-electron chi connectivity index (χ4n) is 1.14. The summed E-state index contributed by atoms with van der Waals surface area (Å²) >= 11 is 3.16. The van der Waals surface area contributed by atoms with Gasteiger partial charge in [-0.05, 0) is 41.9 Å². The summed E-state index contributed by atoms with van der Waals surface area (Å²) in [6.45, 7) is 5.01. The quantitative estimate of drug-likeness (QED) is 0.837. The monoisotopic (exact) mass is 289 g/mol. The van der Waals surface area contributed by atoms with Crippen LogP contribution in [0.4, 0.5) is 0 Å². The van der Waals surface area contributed by atoms with Gasteiger partial charge in [0.15, 0.2) is 10.4 Å². The smallest absolute Gasteiger partial charge is 0.289 e. The van der Waals surface area contributed by atoms with Crippen molar-refractivity contribution < 1.29 is 13.9 Å². The van der Waals surface area contributed by atoms with Crippen molar-refractivity contribution in [2.75, 3.05) is 20.2 Å². The van der Waals surface area contributed by atoms with Crippen LogP contribution < -0.4 is 0 Å². The fraction of sp³-hybridized carbons (Fsp3) is 0.545. The zero-order chi connectivity index (χ0) is 12.1. The van der Waals surface area contributed by atoms with Gasteiger partial charge in [-0.1, -0.05) is 0 Å². The first-order valence-corrected chi connectivity index (χ1v) is 5.92. The molecule has 0 unspecified atom stereocenters. The van der Waals surface area contributed by atoms with E-state index in [9.17, 15) is 4.79 Å². The Kier molecular flexibility index (Phi) is 5.02. The summed E-state index contributed by atoms with van der Waals surface area (Å²) in [7, 11) is 1.72. The number of carbonyl (C=O) groups is 1. The van der Waals surface area contributed by atoms with E-state index in [2.05, 4.69) is 15.9 Å². The molecule has 5 heteroatoms. The van der Waals surface area contributed by atoms with Crippen molar-refractivity contribution in [2.24, 2.45) is 0 Å². The lowest BCUT2D eigenvalue weighted by Gasteiger charge is -2.16. The van der Waals surface area contributed by atoms with E-state index in [1.807, 2.05) is 13.8 Å². The maximum Gasteiger partial charge on any atom is 0.289 e. The first-order chi connectivity index (χ1) is 7.50. The average molecular weight is 290 g/mol. The molecule has 0 aliphatic carbocycles. The Morgan fingerprint density at radius 3 is 2.75 bits per heavy atom. The van der Waals surface area contributed by atoms with Crippen molar-refractivity contribution in [1.82, 2.24) is 4.90 Å². The highest BCUT2D eigenvalue weighted by atomic mass is 79.9. The standard InChI is InChI=1S/C11H16BrNO3/c1-8(2)15-7-6-13(3)11(14)9-4-5-10(12)16-9/h4-5,8H,6-7H2,1-3H3. The van der Waals surface area contributed by atoms with E-state index < -0.39 is 0 Å². The van der Waals surface area contributed by atoms with Crippen molar-refractivity contribution in [1.29, 1.82) is 0 Å². The second kappa shape index (κ2) is 6.06. The lowest BCUT2D eigenvalue weighted by molar-refractivity contribution is 0.0515. The van der Waals surface area contributed by atoms with Gasteiger partial charge < -0.3 is 14.1 Å². The van der Waals surface area contributed by atoms with Crippen LogP contribution in [0.3, 0.4) is 0 Å². The second-order valence-electron chi connectivity index (χ2n) is 3.75. The van der Waals surface area contributed by atoms with Gasteiger partial charge in [0.1, 0.15) is 0 Å². The van der Waals surface area contributed by atoms with Crippen molar-refractivity contribution in [3.05, 3.63) is 22.6 Å². The largest absolute Gasteiger partial charge is 0.444 e. The molecule has 1 aromatic rings. The molecule has 16 heavy (non-hydrogen) atoms. The van der Waals surface area contributed by atoms with E-state index in [1.54, 1.807) is 24.1 Å². The Bertz CT molecular complexity index is 349. The van der Waals surface area contributed by atoms with Crippen LogP contribution in [0.1, 0.15) is 24.4 Å². The molecule has 1 aromatic heterocycles. The Balaban J connectivity index is 2.42. The van der Waals surface area contributed by atoms with E-state index in [-0.39, 0.29) is 12.0 Å². The molecule has 0 bridgehead atoms. The lowest BCUT2D eigenvalue weighted by atomic mass is 10.4. The number of likely N-dealkylation sites (N-methyl/N-ethyl adjacent to an activating group) is 1. The molecule has 4 nitrogen and oxygen atoms in total. The molecule has 0 aliphatic heterocycles. The Morgan fingerprint density at radius 1 is 1.56 bits per heavy atom. The molecule has 0 radical (unpaired) electrons. The fourth-order valence-corrected chi connectivity index (χ4v) is 1.45. The normalized spacial score (nSPS) is 10.8. The Labute approximate surface area is 104 Å². The first-order valence-electron chi connectivity index (χ1n) is 5.13. The van der Waals surface area contributed by atoms with Crippen LogP contribution in [-0.2, 0) is 4.74 Å². The van der Waals surface area contributed by atoms with Crippen LogP contribution in [-0.4, -0.2) is 37.1 Å². The van der Waals surface area contributed by atoms with Crippen LogP contribution >= 0.6 is 15.9 Å². The highest BCUT2D eigenvalue weighted by Crippen LogP contribution is 2.15. The van der Waals surface area contributed by atoms with E-state index in [1.165, 1.54) is 0 Å². The molecule has 0 saturated heterocycles. The van der Waals surface area contributed by atoms with Crippen molar-refractivity contribution in [2.45, 2.75) is 20.0 Å². The topological polar surface area (TPSA) is 42.7 Å². The number of hydrogen-bond acceptors (Lipinski definition) is 3. The van der Waals surface area contributed by atoms with Crippen LogP contribution in [0.15, 0.2) is 21.2 Å². The summed E-state index contributed by atoms with van der Waals surface area (Å²) in [5.41, 5.74) is 0. The number of carbonyl (C=O) groups excluding carboxylic acids is 1. The van der Waals surface area contributed by atoms with Gasteiger partial charge in [-0.3, -0.25) is 4.79 Å². The number of furan rings is 1. The Morgan fingerprint density at radius 2 is 2.25 bits per heavy atom. The molecule has 90 valence electrons. The van der Waals surface area contributed by atoms with Gasteiger partial charge in [-0.15, -0.1) is 0 Å². The van der Waals surface area contributed by atoms with Gasteiger partial charge in [0.2, 0.25) is 0 Å². The molecule has 0 N–H and O–H groups in total. The molecule has 0 atom stereocenters. The van der Waals surface area contributed by atoms with Gasteiger partial charge in [-0.25, -0.2) is 0 Å². The summed E-state index contributed by atoms with van der Waals surface area (Å²) < 4.78 is 11.1. The molecule has 0 fully saturated rings. The molecule has 0 saturated carbocycles. The van der Waals surface area contributed by atoms with E-state index in [0.29, 0.717) is 23.6 Å². The molecule has 1 amide bonds. The molecule has 1 rings (SSSR count). The maximum atomic E-state index is 11.8. The van der Waals surface area contributed by atoms with Crippen LogP contribution in [0.5, 0.6) is 0 Å². The summed E-state index contributed by atoms with van der Waals surface area (Å²) in [5.74, 6) is 0.192. The molecular formula is C11H16BrNO3. The molecule has 1 heterocycles. The van der Waals surface area contributed by atoms with Gasteiger partial charge in [0, 0.05) is 13.6 Å². The summed E-state index contributed by atoms with van der Waals surface area (Å²) in [4.78, 5) is 13.4. The van der Waals surface area contributed by atoms with Gasteiger partial charge in [0.25, 0.3) is 5.91 Å². The number of halogens is 1. The van der Waals surface area contributed by atoms with Crippen molar-refractivity contribution in [3.63, 3.8) is 0 Å². The molecular weight excluding hydrogens is 274 g/mol.